The van der Waals surface area contributed by atoms with Crippen LogP contribution in [-0.2, 0) is 0 Å². The van der Waals surface area contributed by atoms with Crippen LogP contribution in [0.25, 0.3) is 16.6 Å². The second-order valence-electron chi connectivity index (χ2n) is 6.28. The molecule has 0 fully saturated rings. The number of nitrogens with zero attached hydrogens (tertiary/aromatic N) is 1. The third-order valence-corrected chi connectivity index (χ3v) is 4.27. The van der Waals surface area contributed by atoms with Crippen LogP contribution in [0.2, 0.25) is 0 Å². The van der Waals surface area contributed by atoms with Gasteiger partial charge >= 0.3 is 5.69 Å². The van der Waals surface area contributed by atoms with Crippen molar-refractivity contribution >= 4 is 16.8 Å². The van der Waals surface area contributed by atoms with Gasteiger partial charge in [0.1, 0.15) is 0 Å². The Morgan fingerprint density at radius 1 is 1.12 bits per heavy atom. The Morgan fingerprint density at radius 2 is 1.85 bits per heavy atom. The largest absolute Gasteiger partial charge is 0.352 e. The lowest BCUT2D eigenvalue weighted by Crippen LogP contribution is -2.33. The number of fused-ring (bicyclic) bond motifs is 1. The highest BCUT2D eigenvalue weighted by Gasteiger charge is 2.12. The highest BCUT2D eigenvalue weighted by molar-refractivity contribution is 5.97. The number of H-pyrrole nitrogens is 1. The number of benzene rings is 2. The van der Waals surface area contributed by atoms with Crippen molar-refractivity contribution in [2.45, 2.75) is 26.7 Å². The molecule has 3 rings (SSSR count). The monoisotopic (exact) mass is 351 g/mol. The van der Waals surface area contributed by atoms with Gasteiger partial charge in [-0.15, -0.1) is 0 Å². The normalized spacial score (nSPS) is 10.8. The van der Waals surface area contributed by atoms with Crippen LogP contribution in [0, 0.1) is 6.92 Å². The molecule has 2 N–H and O–H groups in total. The van der Waals surface area contributed by atoms with Gasteiger partial charge < -0.3 is 10.3 Å². The predicted octanol–water partition coefficient (Wildman–Crippen LogP) is 2.52. The van der Waals surface area contributed by atoms with Crippen molar-refractivity contribution in [1.29, 1.82) is 0 Å². The average Bonchev–Trinajstić information content (AvgIpc) is 2.63. The van der Waals surface area contributed by atoms with E-state index < -0.39 is 11.2 Å². The molecule has 26 heavy (non-hydrogen) atoms. The van der Waals surface area contributed by atoms with Crippen LogP contribution in [0.5, 0.6) is 0 Å². The van der Waals surface area contributed by atoms with Crippen LogP contribution in [-0.4, -0.2) is 22.0 Å². The van der Waals surface area contributed by atoms with Crippen LogP contribution in [0.1, 0.15) is 35.7 Å². The Labute approximate surface area is 150 Å². The number of aryl methyl sites for hydroxylation is 1. The summed E-state index contributed by atoms with van der Waals surface area (Å²) in [6.07, 6.45) is 1.89. The maximum absolute atomic E-state index is 12.8. The van der Waals surface area contributed by atoms with Crippen molar-refractivity contribution in [2.24, 2.45) is 0 Å². The summed E-state index contributed by atoms with van der Waals surface area (Å²) in [6.45, 7) is 4.58. The van der Waals surface area contributed by atoms with E-state index in [2.05, 4.69) is 10.3 Å². The first kappa shape index (κ1) is 17.7. The zero-order chi connectivity index (χ0) is 18.7. The summed E-state index contributed by atoms with van der Waals surface area (Å²) in [7, 11) is 0. The minimum atomic E-state index is -0.533. The molecule has 0 radical (unpaired) electrons. The van der Waals surface area contributed by atoms with Crippen molar-refractivity contribution in [3.63, 3.8) is 0 Å². The molecule has 134 valence electrons. The van der Waals surface area contributed by atoms with E-state index in [4.69, 9.17) is 0 Å². The van der Waals surface area contributed by atoms with Crippen molar-refractivity contribution < 1.29 is 4.79 Å². The van der Waals surface area contributed by atoms with Crippen LogP contribution in [0.15, 0.2) is 52.1 Å². The van der Waals surface area contributed by atoms with Crippen LogP contribution >= 0.6 is 0 Å². The molecule has 0 spiro atoms. The minimum absolute atomic E-state index is 0.219. The van der Waals surface area contributed by atoms with Gasteiger partial charge in [0, 0.05) is 12.1 Å². The van der Waals surface area contributed by atoms with E-state index in [1.54, 1.807) is 30.3 Å². The molecule has 1 heterocycles. The fraction of sp³-hybridized carbons (Fsp3) is 0.250. The summed E-state index contributed by atoms with van der Waals surface area (Å²) < 4.78 is 1.10. The average molecular weight is 351 g/mol. The number of carbonyl (C=O) groups excluding carboxylic acids is 1. The number of rotatable bonds is 5. The second-order valence-corrected chi connectivity index (χ2v) is 6.28. The summed E-state index contributed by atoms with van der Waals surface area (Å²) in [5.41, 5.74) is 1.37. The van der Waals surface area contributed by atoms with Gasteiger partial charge in [-0.05, 0) is 43.7 Å². The lowest BCUT2D eigenvalue weighted by Gasteiger charge is -2.08. The van der Waals surface area contributed by atoms with Gasteiger partial charge in [-0.2, -0.15) is 0 Å². The van der Waals surface area contributed by atoms with Crippen molar-refractivity contribution in [2.75, 3.05) is 6.54 Å². The Kier molecular flexibility index (Phi) is 5.02. The Hall–Kier alpha value is -3.15. The van der Waals surface area contributed by atoms with Gasteiger partial charge in [0.05, 0.1) is 16.6 Å². The van der Waals surface area contributed by atoms with E-state index in [0.717, 1.165) is 23.0 Å². The molecule has 6 nitrogen and oxygen atoms in total. The molecular weight excluding hydrogens is 330 g/mol. The molecule has 1 amide bonds. The van der Waals surface area contributed by atoms with E-state index in [-0.39, 0.29) is 5.91 Å². The predicted molar refractivity (Wildman–Crippen MR) is 102 cm³/mol. The Morgan fingerprint density at radius 3 is 2.54 bits per heavy atom. The number of nitrogens with one attached hydrogen (secondary N) is 2. The molecule has 0 unspecified atom stereocenters. The highest BCUT2D eigenvalue weighted by atomic mass is 16.2. The first-order chi connectivity index (χ1) is 12.5. The van der Waals surface area contributed by atoms with Gasteiger partial charge in [-0.3, -0.25) is 9.59 Å². The third-order valence-electron chi connectivity index (χ3n) is 4.27. The van der Waals surface area contributed by atoms with E-state index >= 15 is 0 Å². The fourth-order valence-electron chi connectivity index (χ4n) is 2.77. The van der Waals surface area contributed by atoms with Crippen molar-refractivity contribution in [3.8, 4) is 5.69 Å². The first-order valence-electron chi connectivity index (χ1n) is 8.65. The summed E-state index contributed by atoms with van der Waals surface area (Å²) >= 11 is 0. The highest BCUT2D eigenvalue weighted by Crippen LogP contribution is 2.11. The molecule has 0 aliphatic heterocycles. The Balaban J connectivity index is 2.04. The minimum Gasteiger partial charge on any atom is -0.352 e. The molecule has 2 aromatic carbocycles. The number of hydrogen-bond donors (Lipinski definition) is 2. The van der Waals surface area contributed by atoms with Gasteiger partial charge in [-0.1, -0.05) is 31.0 Å². The van der Waals surface area contributed by atoms with Crippen LogP contribution < -0.4 is 16.6 Å². The van der Waals surface area contributed by atoms with Crippen molar-refractivity contribution in [3.05, 3.63) is 74.4 Å². The number of aromatic nitrogens is 2. The van der Waals surface area contributed by atoms with Crippen LogP contribution in [0.3, 0.4) is 0 Å². The molecule has 0 aliphatic rings. The number of unbranched alkanes of at least 4 members (excludes halogenated alkanes) is 1. The maximum atomic E-state index is 12.8. The van der Waals surface area contributed by atoms with Gasteiger partial charge in [0.2, 0.25) is 0 Å². The van der Waals surface area contributed by atoms with Gasteiger partial charge in [0.15, 0.2) is 0 Å². The molecule has 3 aromatic rings. The number of hydrogen-bond acceptors (Lipinski definition) is 3. The Bertz CT molecular complexity index is 1060. The first-order valence-corrected chi connectivity index (χ1v) is 8.65. The summed E-state index contributed by atoms with van der Waals surface area (Å²) in [5.74, 6) is -0.219. The van der Waals surface area contributed by atoms with E-state index in [1.165, 1.54) is 0 Å². The second kappa shape index (κ2) is 7.39. The number of aromatic amines is 1. The molecule has 0 saturated heterocycles. The number of carbonyl (C=O) groups is 1. The summed E-state index contributed by atoms with van der Waals surface area (Å²) in [4.78, 5) is 40.1. The smallest absolute Gasteiger partial charge is 0.333 e. The van der Waals surface area contributed by atoms with E-state index in [1.807, 2.05) is 26.0 Å². The quantitative estimate of drug-likeness (QED) is 0.693. The van der Waals surface area contributed by atoms with E-state index in [0.29, 0.717) is 28.7 Å². The maximum Gasteiger partial charge on any atom is 0.333 e. The summed E-state index contributed by atoms with van der Waals surface area (Å²) in [5, 5.41) is 3.18. The molecule has 0 saturated carbocycles. The number of amides is 1. The fourth-order valence-corrected chi connectivity index (χ4v) is 2.77. The molecule has 0 aliphatic carbocycles. The molecule has 6 heteroatoms. The zero-order valence-electron chi connectivity index (χ0n) is 14.8. The topological polar surface area (TPSA) is 84.0 Å². The van der Waals surface area contributed by atoms with Gasteiger partial charge in [0.25, 0.3) is 11.5 Å². The SMILES string of the molecule is CCCCNC(=O)c1ccc2c(=O)n(-c3ccc(C)cc3)c(=O)[nH]c2c1. The lowest BCUT2D eigenvalue weighted by molar-refractivity contribution is 0.0953. The standard InChI is InChI=1S/C20H21N3O3/c1-3-4-11-21-18(24)14-7-10-16-17(12-14)22-20(26)23(19(16)25)15-8-5-13(2)6-9-15/h5-10,12H,3-4,11H2,1-2H3,(H,21,24)(H,22,26). The third kappa shape index (κ3) is 3.44. The zero-order valence-corrected chi connectivity index (χ0v) is 14.8. The van der Waals surface area contributed by atoms with Gasteiger partial charge in [-0.25, -0.2) is 9.36 Å². The van der Waals surface area contributed by atoms with Crippen LogP contribution in [0.4, 0.5) is 0 Å². The lowest BCUT2D eigenvalue weighted by atomic mass is 10.1. The molecular formula is C20H21N3O3. The molecule has 0 atom stereocenters. The molecule has 0 bridgehead atoms. The van der Waals surface area contributed by atoms with E-state index in [9.17, 15) is 14.4 Å². The van der Waals surface area contributed by atoms with Crippen molar-refractivity contribution in [1.82, 2.24) is 14.9 Å². The molecule has 1 aromatic heterocycles. The summed E-state index contributed by atoms with van der Waals surface area (Å²) in [6, 6.07) is 11.9.